The quantitative estimate of drug-likeness (QED) is 0.887. The average Bonchev–Trinajstić information content (AvgIpc) is 2.41. The van der Waals surface area contributed by atoms with Crippen molar-refractivity contribution < 1.29 is 14.3 Å². The second kappa shape index (κ2) is 5.33. The van der Waals surface area contributed by atoms with Gasteiger partial charge in [-0.1, -0.05) is 30.3 Å². The number of aliphatic carboxylic acids is 1. The van der Waals surface area contributed by atoms with E-state index in [1.807, 2.05) is 0 Å². The van der Waals surface area contributed by atoms with Gasteiger partial charge in [0.2, 0.25) is 0 Å². The summed E-state index contributed by atoms with van der Waals surface area (Å²) >= 11 is 0. The number of carboxylic acid groups (broad SMARTS) is 1. The van der Waals surface area contributed by atoms with E-state index in [1.165, 1.54) is 6.07 Å². The topological polar surface area (TPSA) is 49.3 Å². The van der Waals surface area contributed by atoms with Gasteiger partial charge in [-0.25, -0.2) is 4.39 Å². The molecule has 0 spiro atoms. The summed E-state index contributed by atoms with van der Waals surface area (Å²) in [5, 5.41) is 12.3. The van der Waals surface area contributed by atoms with Gasteiger partial charge in [-0.3, -0.25) is 4.79 Å². The van der Waals surface area contributed by atoms with Crippen LogP contribution in [0.3, 0.4) is 0 Å². The van der Waals surface area contributed by atoms with Crippen molar-refractivity contribution in [3.05, 3.63) is 59.9 Å². The fraction of sp³-hybridized carbons (Fsp3) is 0.188. The second-order valence-corrected chi connectivity index (χ2v) is 5.08. The summed E-state index contributed by atoms with van der Waals surface area (Å²) in [6.45, 7) is 3.24. The highest BCUT2D eigenvalue weighted by molar-refractivity contribution is 5.83. The third kappa shape index (κ3) is 2.64. The number of carboxylic acids is 1. The molecule has 2 rings (SSSR count). The van der Waals surface area contributed by atoms with Crippen LogP contribution < -0.4 is 5.32 Å². The Morgan fingerprint density at radius 3 is 2.20 bits per heavy atom. The molecule has 0 saturated heterocycles. The number of hydrogen-bond acceptors (Lipinski definition) is 2. The predicted octanol–water partition coefficient (Wildman–Crippen LogP) is 3.93. The number of halogens is 1. The van der Waals surface area contributed by atoms with Crippen LogP contribution in [0.2, 0.25) is 0 Å². The highest BCUT2D eigenvalue weighted by atomic mass is 19.1. The molecule has 0 aliphatic carbocycles. The minimum Gasteiger partial charge on any atom is -0.481 e. The van der Waals surface area contributed by atoms with Crippen LogP contribution in [0.15, 0.2) is 48.5 Å². The minimum absolute atomic E-state index is 0.320. The molecule has 0 aliphatic rings. The molecule has 104 valence electrons. The summed E-state index contributed by atoms with van der Waals surface area (Å²) in [6, 6.07) is 13.3. The predicted molar refractivity (Wildman–Crippen MR) is 76.8 cm³/mol. The van der Waals surface area contributed by atoms with Crippen LogP contribution in [-0.2, 0) is 10.2 Å². The van der Waals surface area contributed by atoms with Gasteiger partial charge in [-0.2, -0.15) is 0 Å². The highest BCUT2D eigenvalue weighted by Crippen LogP contribution is 2.32. The van der Waals surface area contributed by atoms with E-state index in [-0.39, 0.29) is 5.82 Å². The lowest BCUT2D eigenvalue weighted by Gasteiger charge is -2.23. The number of nitrogens with one attached hydrogen (secondary N) is 1. The van der Waals surface area contributed by atoms with Crippen LogP contribution in [-0.4, -0.2) is 11.1 Å². The van der Waals surface area contributed by atoms with Gasteiger partial charge in [0.1, 0.15) is 5.82 Å². The first-order chi connectivity index (χ1) is 9.43. The van der Waals surface area contributed by atoms with Crippen LogP contribution in [0.5, 0.6) is 0 Å². The third-order valence-corrected chi connectivity index (χ3v) is 3.28. The average molecular weight is 273 g/mol. The van der Waals surface area contributed by atoms with E-state index >= 15 is 0 Å². The SMILES string of the molecule is CC(C)(C(=O)O)c1ccccc1Nc1ccccc1F. The summed E-state index contributed by atoms with van der Waals surface area (Å²) in [5.74, 6) is -1.31. The van der Waals surface area contributed by atoms with Crippen molar-refractivity contribution in [3.63, 3.8) is 0 Å². The molecule has 0 bridgehead atoms. The maximum absolute atomic E-state index is 13.7. The molecule has 2 aromatic rings. The number of benzene rings is 2. The maximum Gasteiger partial charge on any atom is 0.313 e. The molecule has 0 saturated carbocycles. The summed E-state index contributed by atoms with van der Waals surface area (Å²) < 4.78 is 13.7. The lowest BCUT2D eigenvalue weighted by Crippen LogP contribution is -2.29. The highest BCUT2D eigenvalue weighted by Gasteiger charge is 2.31. The van der Waals surface area contributed by atoms with E-state index in [2.05, 4.69) is 5.32 Å². The Balaban J connectivity index is 2.44. The number of para-hydroxylation sites is 2. The first-order valence-corrected chi connectivity index (χ1v) is 6.27. The van der Waals surface area contributed by atoms with E-state index in [0.29, 0.717) is 16.9 Å². The molecule has 3 nitrogen and oxygen atoms in total. The summed E-state index contributed by atoms with van der Waals surface area (Å²) in [4.78, 5) is 11.4. The normalized spacial score (nSPS) is 11.2. The van der Waals surface area contributed by atoms with Crippen molar-refractivity contribution >= 4 is 17.3 Å². The third-order valence-electron chi connectivity index (χ3n) is 3.28. The number of hydrogen-bond donors (Lipinski definition) is 2. The molecule has 0 radical (unpaired) electrons. The van der Waals surface area contributed by atoms with Crippen molar-refractivity contribution in [2.45, 2.75) is 19.3 Å². The van der Waals surface area contributed by atoms with Crippen LogP contribution >= 0.6 is 0 Å². The largest absolute Gasteiger partial charge is 0.481 e. The Morgan fingerprint density at radius 2 is 1.60 bits per heavy atom. The minimum atomic E-state index is -1.06. The summed E-state index contributed by atoms with van der Waals surface area (Å²) in [5.41, 5.74) is 0.455. The molecular weight excluding hydrogens is 257 g/mol. The van der Waals surface area contributed by atoms with E-state index in [9.17, 15) is 14.3 Å². The van der Waals surface area contributed by atoms with E-state index in [0.717, 1.165) is 0 Å². The van der Waals surface area contributed by atoms with Gasteiger partial charge < -0.3 is 10.4 Å². The zero-order valence-electron chi connectivity index (χ0n) is 11.4. The molecule has 20 heavy (non-hydrogen) atoms. The fourth-order valence-electron chi connectivity index (χ4n) is 1.96. The smallest absolute Gasteiger partial charge is 0.313 e. The van der Waals surface area contributed by atoms with Crippen molar-refractivity contribution in [2.24, 2.45) is 0 Å². The van der Waals surface area contributed by atoms with Crippen molar-refractivity contribution in [2.75, 3.05) is 5.32 Å². The van der Waals surface area contributed by atoms with Crippen LogP contribution in [0.25, 0.3) is 0 Å². The fourth-order valence-corrected chi connectivity index (χ4v) is 1.96. The Labute approximate surface area is 117 Å². The molecule has 0 aromatic heterocycles. The lowest BCUT2D eigenvalue weighted by atomic mass is 9.83. The van der Waals surface area contributed by atoms with E-state index in [4.69, 9.17) is 0 Å². The monoisotopic (exact) mass is 273 g/mol. The number of anilines is 2. The summed E-state index contributed by atoms with van der Waals surface area (Å²) in [7, 11) is 0. The molecule has 2 N–H and O–H groups in total. The Hall–Kier alpha value is -2.36. The molecule has 0 atom stereocenters. The molecule has 0 heterocycles. The van der Waals surface area contributed by atoms with Crippen LogP contribution in [0.1, 0.15) is 19.4 Å². The Kier molecular flexibility index (Phi) is 3.74. The summed E-state index contributed by atoms with van der Waals surface area (Å²) in [6.07, 6.45) is 0. The molecule has 0 unspecified atom stereocenters. The van der Waals surface area contributed by atoms with Gasteiger partial charge >= 0.3 is 5.97 Å². The van der Waals surface area contributed by atoms with Crippen molar-refractivity contribution in [1.29, 1.82) is 0 Å². The zero-order chi connectivity index (χ0) is 14.8. The Bertz CT molecular complexity index is 638. The molecule has 0 aliphatic heterocycles. The van der Waals surface area contributed by atoms with E-state index in [1.54, 1.807) is 56.3 Å². The zero-order valence-corrected chi connectivity index (χ0v) is 11.4. The van der Waals surface area contributed by atoms with E-state index < -0.39 is 11.4 Å². The van der Waals surface area contributed by atoms with Crippen LogP contribution in [0.4, 0.5) is 15.8 Å². The van der Waals surface area contributed by atoms with Gasteiger partial charge in [0.15, 0.2) is 0 Å². The van der Waals surface area contributed by atoms with Gasteiger partial charge in [-0.15, -0.1) is 0 Å². The number of carbonyl (C=O) groups is 1. The standard InChI is InChI=1S/C16H16FNO2/c1-16(2,15(19)20)11-7-3-5-9-13(11)18-14-10-6-4-8-12(14)17/h3-10,18H,1-2H3,(H,19,20). The molecule has 4 heteroatoms. The van der Waals surface area contributed by atoms with Gasteiger partial charge in [0.05, 0.1) is 11.1 Å². The first-order valence-electron chi connectivity index (χ1n) is 6.27. The lowest BCUT2D eigenvalue weighted by molar-refractivity contribution is -0.142. The number of rotatable bonds is 4. The van der Waals surface area contributed by atoms with Crippen molar-refractivity contribution in [1.82, 2.24) is 0 Å². The van der Waals surface area contributed by atoms with Gasteiger partial charge in [-0.05, 0) is 37.6 Å². The van der Waals surface area contributed by atoms with Gasteiger partial charge in [0.25, 0.3) is 0 Å². The molecule has 0 fully saturated rings. The van der Waals surface area contributed by atoms with Crippen molar-refractivity contribution in [3.8, 4) is 0 Å². The Morgan fingerprint density at radius 1 is 1.05 bits per heavy atom. The van der Waals surface area contributed by atoms with Gasteiger partial charge in [0, 0.05) is 5.69 Å². The van der Waals surface area contributed by atoms with Crippen LogP contribution in [0, 0.1) is 5.82 Å². The molecular formula is C16H16FNO2. The maximum atomic E-state index is 13.7. The second-order valence-electron chi connectivity index (χ2n) is 5.08. The molecule has 2 aromatic carbocycles. The molecule has 0 amide bonds. The first kappa shape index (κ1) is 14.1.